The predicted molar refractivity (Wildman–Crippen MR) is 69.8 cm³/mol. The molecule has 2 fully saturated rings. The fourth-order valence-corrected chi connectivity index (χ4v) is 4.29. The minimum Gasteiger partial charge on any atom is -0.390 e. The van der Waals surface area contributed by atoms with E-state index in [1.54, 1.807) is 5.57 Å². The number of nitrogens with zero attached hydrogens (tertiary/aromatic N) is 1. The second-order valence-electron chi connectivity index (χ2n) is 6.68. The Hall–Kier alpha value is -0.340. The number of piperidine rings is 1. The number of hydrogen-bond donors (Lipinski definition) is 1. The Morgan fingerprint density at radius 2 is 2.29 bits per heavy atom. The summed E-state index contributed by atoms with van der Waals surface area (Å²) in [5.41, 5.74) is 1.13. The van der Waals surface area contributed by atoms with E-state index in [0.717, 1.165) is 12.3 Å². The largest absolute Gasteiger partial charge is 0.390 e. The Morgan fingerprint density at radius 1 is 1.47 bits per heavy atom. The molecule has 0 radical (unpaired) electrons. The van der Waals surface area contributed by atoms with E-state index >= 15 is 0 Å². The van der Waals surface area contributed by atoms with Crippen molar-refractivity contribution in [1.82, 2.24) is 4.90 Å². The van der Waals surface area contributed by atoms with Gasteiger partial charge in [-0.15, -0.1) is 0 Å². The van der Waals surface area contributed by atoms with Gasteiger partial charge in [-0.2, -0.15) is 0 Å². The second kappa shape index (κ2) is 4.10. The molecule has 2 heteroatoms. The van der Waals surface area contributed by atoms with E-state index in [1.165, 1.54) is 38.8 Å². The van der Waals surface area contributed by atoms with Gasteiger partial charge in [0.2, 0.25) is 0 Å². The van der Waals surface area contributed by atoms with E-state index in [2.05, 4.69) is 24.8 Å². The maximum absolute atomic E-state index is 10.6. The molecule has 0 aromatic heterocycles. The summed E-state index contributed by atoms with van der Waals surface area (Å²) < 4.78 is 0. The van der Waals surface area contributed by atoms with Crippen molar-refractivity contribution < 1.29 is 5.11 Å². The summed E-state index contributed by atoms with van der Waals surface area (Å²) in [6.45, 7) is 6.77. The van der Waals surface area contributed by atoms with Gasteiger partial charge in [-0.05, 0) is 51.4 Å². The monoisotopic (exact) mass is 235 g/mol. The molecule has 0 spiro atoms. The van der Waals surface area contributed by atoms with Crippen molar-refractivity contribution in [1.29, 1.82) is 0 Å². The molecule has 0 aromatic carbocycles. The van der Waals surface area contributed by atoms with Gasteiger partial charge >= 0.3 is 0 Å². The first-order valence-electron chi connectivity index (χ1n) is 7.20. The number of rotatable bonds is 0. The van der Waals surface area contributed by atoms with Gasteiger partial charge in [0, 0.05) is 19.1 Å². The van der Waals surface area contributed by atoms with Crippen LogP contribution in [0.2, 0.25) is 0 Å². The zero-order valence-corrected chi connectivity index (χ0v) is 11.2. The highest BCUT2D eigenvalue weighted by molar-refractivity contribution is 5.13. The Bertz CT molecular complexity index is 334. The Labute approximate surface area is 105 Å². The van der Waals surface area contributed by atoms with Crippen LogP contribution in [0.15, 0.2) is 11.6 Å². The van der Waals surface area contributed by atoms with E-state index < -0.39 is 5.60 Å². The molecule has 4 atom stereocenters. The lowest BCUT2D eigenvalue weighted by atomic mass is 9.64. The van der Waals surface area contributed by atoms with Gasteiger partial charge in [0.1, 0.15) is 0 Å². The maximum Gasteiger partial charge on any atom is 0.0651 e. The van der Waals surface area contributed by atoms with Crippen LogP contribution >= 0.6 is 0 Å². The van der Waals surface area contributed by atoms with E-state index in [0.29, 0.717) is 12.0 Å². The third-order valence-corrected chi connectivity index (χ3v) is 5.33. The summed E-state index contributed by atoms with van der Waals surface area (Å²) in [6.07, 6.45) is 8.40. The summed E-state index contributed by atoms with van der Waals surface area (Å²) in [7, 11) is 0. The predicted octanol–water partition coefficient (Wildman–Crippen LogP) is 2.58. The number of fused-ring (bicyclic) bond motifs is 2. The normalized spacial score (nSPS) is 47.0. The molecule has 2 nitrogen and oxygen atoms in total. The Balaban J connectivity index is 1.81. The molecule has 1 N–H and O–H groups in total. The first kappa shape index (κ1) is 11.7. The van der Waals surface area contributed by atoms with Crippen molar-refractivity contribution >= 4 is 0 Å². The minimum atomic E-state index is -0.409. The third kappa shape index (κ3) is 2.06. The SMILES string of the molecule is CC1=C[C@H]2C[C@@H]3[C@H](CCC[C@]3(C)O)CN2CC1. The summed E-state index contributed by atoms with van der Waals surface area (Å²) in [6, 6.07) is 0.606. The van der Waals surface area contributed by atoms with Crippen LogP contribution in [0.5, 0.6) is 0 Å². The highest BCUT2D eigenvalue weighted by Gasteiger charge is 2.46. The van der Waals surface area contributed by atoms with Crippen molar-refractivity contribution in [3.05, 3.63) is 11.6 Å². The van der Waals surface area contributed by atoms with Gasteiger partial charge in [0.05, 0.1) is 5.60 Å². The van der Waals surface area contributed by atoms with Crippen LogP contribution in [0.25, 0.3) is 0 Å². The van der Waals surface area contributed by atoms with E-state index in [9.17, 15) is 5.11 Å². The van der Waals surface area contributed by atoms with Crippen LogP contribution < -0.4 is 0 Å². The van der Waals surface area contributed by atoms with Gasteiger partial charge in [-0.25, -0.2) is 0 Å². The molecule has 96 valence electrons. The third-order valence-electron chi connectivity index (χ3n) is 5.33. The maximum atomic E-state index is 10.6. The number of aliphatic hydroxyl groups is 1. The first-order valence-corrected chi connectivity index (χ1v) is 7.20. The van der Waals surface area contributed by atoms with Gasteiger partial charge in [0.25, 0.3) is 0 Å². The molecule has 1 saturated heterocycles. The van der Waals surface area contributed by atoms with Gasteiger partial charge < -0.3 is 5.11 Å². The lowest BCUT2D eigenvalue weighted by Gasteiger charge is -2.52. The van der Waals surface area contributed by atoms with Crippen LogP contribution in [0.1, 0.15) is 46.0 Å². The molecule has 2 heterocycles. The molecule has 17 heavy (non-hydrogen) atoms. The molecule has 1 saturated carbocycles. The van der Waals surface area contributed by atoms with E-state index in [4.69, 9.17) is 0 Å². The van der Waals surface area contributed by atoms with Crippen LogP contribution in [0.4, 0.5) is 0 Å². The van der Waals surface area contributed by atoms with E-state index in [-0.39, 0.29) is 0 Å². The average Bonchev–Trinajstić information content (AvgIpc) is 2.27. The van der Waals surface area contributed by atoms with Crippen molar-refractivity contribution in [2.24, 2.45) is 11.8 Å². The van der Waals surface area contributed by atoms with E-state index in [1.807, 2.05) is 0 Å². The zero-order valence-electron chi connectivity index (χ0n) is 11.2. The van der Waals surface area contributed by atoms with Crippen molar-refractivity contribution in [3.63, 3.8) is 0 Å². The summed E-state index contributed by atoms with van der Waals surface area (Å²) >= 11 is 0. The molecule has 3 rings (SSSR count). The molecule has 2 aliphatic heterocycles. The first-order chi connectivity index (χ1) is 8.06. The molecular weight excluding hydrogens is 210 g/mol. The fourth-order valence-electron chi connectivity index (χ4n) is 4.29. The molecule has 0 bridgehead atoms. The molecule has 0 aromatic rings. The summed E-state index contributed by atoms with van der Waals surface area (Å²) in [4.78, 5) is 2.65. The summed E-state index contributed by atoms with van der Waals surface area (Å²) in [5.74, 6) is 1.27. The average molecular weight is 235 g/mol. The molecule has 0 unspecified atom stereocenters. The smallest absolute Gasteiger partial charge is 0.0651 e. The quantitative estimate of drug-likeness (QED) is 0.652. The summed E-state index contributed by atoms with van der Waals surface area (Å²) in [5, 5.41) is 10.6. The highest BCUT2D eigenvalue weighted by Crippen LogP contribution is 2.45. The fraction of sp³-hybridized carbons (Fsp3) is 0.867. The highest BCUT2D eigenvalue weighted by atomic mass is 16.3. The molecule has 3 aliphatic rings. The van der Waals surface area contributed by atoms with Crippen molar-refractivity contribution in [2.45, 2.75) is 57.6 Å². The van der Waals surface area contributed by atoms with Gasteiger partial charge in [-0.1, -0.05) is 18.1 Å². The van der Waals surface area contributed by atoms with Crippen LogP contribution in [-0.4, -0.2) is 34.7 Å². The lowest BCUT2D eigenvalue weighted by molar-refractivity contribution is -0.0963. The standard InChI is InChI=1S/C15H25NO/c1-11-5-7-16-10-12-4-3-6-15(2,17)14(12)9-13(16)8-11/h8,12-14,17H,3-7,9-10H2,1-2H3/t12-,13+,14-,15+/m1/s1. The van der Waals surface area contributed by atoms with Gasteiger partial charge in [0.15, 0.2) is 0 Å². The number of hydrogen-bond acceptors (Lipinski definition) is 2. The zero-order chi connectivity index (χ0) is 12.0. The van der Waals surface area contributed by atoms with Gasteiger partial charge in [-0.3, -0.25) is 4.90 Å². The Kier molecular flexibility index (Phi) is 2.83. The van der Waals surface area contributed by atoms with Crippen LogP contribution in [0, 0.1) is 11.8 Å². The molecule has 0 amide bonds. The lowest BCUT2D eigenvalue weighted by Crippen LogP contribution is -2.55. The van der Waals surface area contributed by atoms with Crippen molar-refractivity contribution in [2.75, 3.05) is 13.1 Å². The molecule has 1 aliphatic carbocycles. The molecular formula is C15H25NO. The second-order valence-corrected chi connectivity index (χ2v) is 6.68. The minimum absolute atomic E-state index is 0.409. The Morgan fingerprint density at radius 3 is 3.12 bits per heavy atom. The topological polar surface area (TPSA) is 23.5 Å². The van der Waals surface area contributed by atoms with Crippen LogP contribution in [0.3, 0.4) is 0 Å². The van der Waals surface area contributed by atoms with Crippen LogP contribution in [-0.2, 0) is 0 Å². The van der Waals surface area contributed by atoms with Crippen molar-refractivity contribution in [3.8, 4) is 0 Å².